The Morgan fingerprint density at radius 2 is 1.95 bits per heavy atom. The minimum atomic E-state index is -4.50. The summed E-state index contributed by atoms with van der Waals surface area (Å²) < 4.78 is 50.9. The average molecular weight is 281 g/mol. The highest BCUT2D eigenvalue weighted by Gasteiger charge is 2.31. The van der Waals surface area contributed by atoms with Crippen molar-refractivity contribution in [2.24, 2.45) is 0 Å². The van der Waals surface area contributed by atoms with E-state index in [0.29, 0.717) is 4.90 Å². The third-order valence-electron chi connectivity index (χ3n) is 2.53. The number of halogens is 4. The fraction of sp³-hybridized carbons (Fsp3) is 0.500. The molecule has 1 aromatic carbocycles. The first-order valence-electron chi connectivity index (χ1n) is 5.64. The van der Waals surface area contributed by atoms with Crippen molar-refractivity contribution in [1.82, 2.24) is 0 Å². The molecule has 2 N–H and O–H groups in total. The lowest BCUT2D eigenvalue weighted by molar-refractivity contribution is -0.119. The summed E-state index contributed by atoms with van der Waals surface area (Å²) in [5.41, 5.74) is 0.0213. The van der Waals surface area contributed by atoms with Crippen molar-refractivity contribution in [2.75, 3.05) is 24.6 Å². The maximum Gasteiger partial charge on any atom is 0.405 e. The van der Waals surface area contributed by atoms with E-state index in [1.54, 1.807) is 0 Å². The highest BCUT2D eigenvalue weighted by atomic mass is 19.4. The van der Waals surface area contributed by atoms with Crippen LogP contribution in [0.4, 0.5) is 23.2 Å². The molecule has 1 aromatic rings. The largest absolute Gasteiger partial charge is 0.405 e. The second-order valence-electron chi connectivity index (χ2n) is 4.15. The maximum atomic E-state index is 13.8. The molecule has 0 bridgehead atoms. The Hall–Kier alpha value is -1.34. The van der Waals surface area contributed by atoms with Crippen LogP contribution in [0.25, 0.3) is 0 Å². The molecular formula is C12H15F4NO2. The van der Waals surface area contributed by atoms with Gasteiger partial charge in [0.25, 0.3) is 0 Å². The Kier molecular flexibility index (Phi) is 5.13. The standard InChI is InChI=1S/C12H15F4NO2/c1-8(19)9-2-3-11(10(13)6-9)17(4-5-18)7-12(14,15)16/h2-3,6,8,18-19H,4-5,7H2,1H3/t8-/m0/s1. The van der Waals surface area contributed by atoms with Gasteiger partial charge in [0.15, 0.2) is 0 Å². The molecule has 0 heterocycles. The first-order valence-corrected chi connectivity index (χ1v) is 5.64. The maximum absolute atomic E-state index is 13.8. The predicted octanol–water partition coefficient (Wildman–Crippen LogP) is 2.24. The SMILES string of the molecule is C[C@H](O)c1ccc(N(CCO)CC(F)(F)F)c(F)c1. The van der Waals surface area contributed by atoms with Crippen LogP contribution in [0.3, 0.4) is 0 Å². The topological polar surface area (TPSA) is 43.7 Å². The quantitative estimate of drug-likeness (QED) is 0.814. The number of rotatable bonds is 5. The van der Waals surface area contributed by atoms with Crippen molar-refractivity contribution in [2.45, 2.75) is 19.2 Å². The second kappa shape index (κ2) is 6.21. The van der Waals surface area contributed by atoms with Gasteiger partial charge in [-0.2, -0.15) is 13.2 Å². The van der Waals surface area contributed by atoms with E-state index in [-0.39, 0.29) is 17.8 Å². The molecule has 0 spiro atoms. The zero-order valence-electron chi connectivity index (χ0n) is 10.3. The molecule has 7 heteroatoms. The van der Waals surface area contributed by atoms with Crippen LogP contribution in [0.2, 0.25) is 0 Å². The van der Waals surface area contributed by atoms with Crippen molar-refractivity contribution in [1.29, 1.82) is 0 Å². The highest BCUT2D eigenvalue weighted by Crippen LogP contribution is 2.26. The second-order valence-corrected chi connectivity index (χ2v) is 4.15. The normalized spacial score (nSPS) is 13.4. The molecule has 1 rings (SSSR count). The van der Waals surface area contributed by atoms with Gasteiger partial charge in [-0.1, -0.05) is 6.07 Å². The molecule has 19 heavy (non-hydrogen) atoms. The van der Waals surface area contributed by atoms with E-state index in [2.05, 4.69) is 0 Å². The third kappa shape index (κ3) is 4.68. The number of benzene rings is 1. The number of hydrogen-bond donors (Lipinski definition) is 2. The third-order valence-corrected chi connectivity index (χ3v) is 2.53. The van der Waals surface area contributed by atoms with E-state index in [1.165, 1.54) is 19.1 Å². The van der Waals surface area contributed by atoms with Crippen molar-refractivity contribution >= 4 is 5.69 Å². The van der Waals surface area contributed by atoms with Gasteiger partial charge in [-0.3, -0.25) is 0 Å². The van der Waals surface area contributed by atoms with E-state index in [4.69, 9.17) is 5.11 Å². The van der Waals surface area contributed by atoms with Crippen LogP contribution >= 0.6 is 0 Å². The molecule has 0 unspecified atom stereocenters. The van der Waals surface area contributed by atoms with Crippen molar-refractivity contribution in [3.05, 3.63) is 29.6 Å². The van der Waals surface area contributed by atoms with Gasteiger partial charge in [0.05, 0.1) is 18.4 Å². The Bertz CT molecular complexity index is 421. The summed E-state index contributed by atoms with van der Waals surface area (Å²) in [5, 5.41) is 18.0. The summed E-state index contributed by atoms with van der Waals surface area (Å²) >= 11 is 0. The van der Waals surface area contributed by atoms with Gasteiger partial charge in [0.2, 0.25) is 0 Å². The summed E-state index contributed by atoms with van der Waals surface area (Å²) in [6.07, 6.45) is -5.40. The number of alkyl halides is 3. The van der Waals surface area contributed by atoms with E-state index >= 15 is 0 Å². The molecule has 1 atom stereocenters. The van der Waals surface area contributed by atoms with E-state index in [9.17, 15) is 22.7 Å². The van der Waals surface area contributed by atoms with Gasteiger partial charge in [0, 0.05) is 6.54 Å². The summed E-state index contributed by atoms with van der Waals surface area (Å²) in [4.78, 5) is 0.709. The molecule has 0 saturated carbocycles. The molecule has 0 aliphatic heterocycles. The molecule has 108 valence electrons. The molecule has 0 aliphatic rings. The van der Waals surface area contributed by atoms with Crippen LogP contribution < -0.4 is 4.90 Å². The molecular weight excluding hydrogens is 266 g/mol. The van der Waals surface area contributed by atoms with Crippen LogP contribution in [0.1, 0.15) is 18.6 Å². The number of anilines is 1. The average Bonchev–Trinajstić information content (AvgIpc) is 2.26. The first-order chi connectivity index (χ1) is 8.74. The summed E-state index contributed by atoms with van der Waals surface area (Å²) in [7, 11) is 0. The van der Waals surface area contributed by atoms with Gasteiger partial charge in [-0.05, 0) is 24.6 Å². The van der Waals surface area contributed by atoms with Gasteiger partial charge in [-0.25, -0.2) is 4.39 Å². The van der Waals surface area contributed by atoms with E-state index in [1.807, 2.05) is 0 Å². The molecule has 0 saturated heterocycles. The lowest BCUT2D eigenvalue weighted by Gasteiger charge is -2.26. The Morgan fingerprint density at radius 1 is 1.32 bits per heavy atom. The highest BCUT2D eigenvalue weighted by molar-refractivity contribution is 5.49. The molecule has 0 radical (unpaired) electrons. The molecule has 0 aliphatic carbocycles. The number of nitrogens with zero attached hydrogens (tertiary/aromatic N) is 1. The molecule has 0 fully saturated rings. The van der Waals surface area contributed by atoms with Crippen LogP contribution in [-0.4, -0.2) is 36.1 Å². The molecule has 0 amide bonds. The Morgan fingerprint density at radius 3 is 2.37 bits per heavy atom. The number of aliphatic hydroxyl groups is 2. The van der Waals surface area contributed by atoms with Crippen LogP contribution in [0.5, 0.6) is 0 Å². The van der Waals surface area contributed by atoms with Crippen LogP contribution in [-0.2, 0) is 0 Å². The zero-order valence-corrected chi connectivity index (χ0v) is 10.3. The number of aliphatic hydroxyl groups excluding tert-OH is 2. The predicted molar refractivity (Wildman–Crippen MR) is 62.4 cm³/mol. The number of hydrogen-bond acceptors (Lipinski definition) is 3. The van der Waals surface area contributed by atoms with Crippen molar-refractivity contribution < 1.29 is 27.8 Å². The molecule has 3 nitrogen and oxygen atoms in total. The molecule has 0 aromatic heterocycles. The lowest BCUT2D eigenvalue weighted by atomic mass is 10.1. The van der Waals surface area contributed by atoms with E-state index < -0.39 is 31.2 Å². The van der Waals surface area contributed by atoms with Crippen molar-refractivity contribution in [3.8, 4) is 0 Å². The van der Waals surface area contributed by atoms with Crippen molar-refractivity contribution in [3.63, 3.8) is 0 Å². The summed E-state index contributed by atoms with van der Waals surface area (Å²) in [6.45, 7) is -0.772. The fourth-order valence-corrected chi connectivity index (χ4v) is 1.66. The van der Waals surface area contributed by atoms with Gasteiger partial charge in [0.1, 0.15) is 12.4 Å². The lowest BCUT2D eigenvalue weighted by Crippen LogP contribution is -2.36. The minimum absolute atomic E-state index is 0.254. The summed E-state index contributed by atoms with van der Waals surface area (Å²) in [6, 6.07) is 3.50. The van der Waals surface area contributed by atoms with Gasteiger partial charge >= 0.3 is 6.18 Å². The van der Waals surface area contributed by atoms with Gasteiger partial charge < -0.3 is 15.1 Å². The minimum Gasteiger partial charge on any atom is -0.395 e. The van der Waals surface area contributed by atoms with E-state index in [0.717, 1.165) is 6.07 Å². The fourth-order valence-electron chi connectivity index (χ4n) is 1.66. The summed E-state index contributed by atoms with van der Waals surface area (Å²) in [5.74, 6) is -0.865. The van der Waals surface area contributed by atoms with Gasteiger partial charge in [-0.15, -0.1) is 0 Å². The van der Waals surface area contributed by atoms with Crippen LogP contribution in [0.15, 0.2) is 18.2 Å². The zero-order chi connectivity index (χ0) is 14.6. The monoisotopic (exact) mass is 281 g/mol. The smallest absolute Gasteiger partial charge is 0.395 e. The first kappa shape index (κ1) is 15.7. The van der Waals surface area contributed by atoms with Crippen LogP contribution in [0, 0.1) is 5.82 Å². The Balaban J connectivity index is 3.02. The Labute approximate surface area is 108 Å².